The van der Waals surface area contributed by atoms with E-state index in [0.29, 0.717) is 0 Å². The van der Waals surface area contributed by atoms with Gasteiger partial charge in [-0.15, -0.1) is 0 Å². The molecule has 0 heterocycles. The first-order valence-corrected chi connectivity index (χ1v) is 8.20. The molecule has 7 heteroatoms. The molecule has 0 radical (unpaired) electrons. The van der Waals surface area contributed by atoms with E-state index < -0.39 is 34.7 Å². The number of halogens is 6. The van der Waals surface area contributed by atoms with Gasteiger partial charge in [0.15, 0.2) is 0 Å². The van der Waals surface area contributed by atoms with Crippen molar-refractivity contribution < 1.29 is 31.1 Å². The monoisotopic (exact) mass is 390 g/mol. The fraction of sp³-hybridized carbons (Fsp3) is 0.400. The van der Waals surface area contributed by atoms with Gasteiger partial charge in [-0.2, -0.15) is 26.3 Å². The summed E-state index contributed by atoms with van der Waals surface area (Å²) in [5.74, 6) is 0. The second-order valence-corrected chi connectivity index (χ2v) is 7.21. The van der Waals surface area contributed by atoms with E-state index >= 15 is 0 Å². The van der Waals surface area contributed by atoms with E-state index in [1.807, 2.05) is 0 Å². The van der Waals surface area contributed by atoms with Gasteiger partial charge in [0.1, 0.15) is 0 Å². The Balaban J connectivity index is 2.50. The molecule has 1 nitrogen and oxygen atoms in total. The number of alkyl halides is 6. The molecule has 0 N–H and O–H groups in total. The summed E-state index contributed by atoms with van der Waals surface area (Å²) in [5, 5.41) is 0. The Kier molecular flexibility index (Phi) is 5.40. The Hall–Kier alpha value is -2.02. The van der Waals surface area contributed by atoms with Crippen LogP contribution in [-0.4, -0.2) is 0 Å². The third-order valence-electron chi connectivity index (χ3n) is 4.27. The van der Waals surface area contributed by atoms with Crippen molar-refractivity contribution in [3.8, 4) is 0 Å². The van der Waals surface area contributed by atoms with Crippen molar-refractivity contribution in [2.24, 2.45) is 0 Å². The van der Waals surface area contributed by atoms with Crippen molar-refractivity contribution in [1.29, 1.82) is 0 Å². The predicted molar refractivity (Wildman–Crippen MR) is 90.0 cm³/mol. The Bertz CT molecular complexity index is 735. The van der Waals surface area contributed by atoms with Crippen LogP contribution < -0.4 is 0 Å². The van der Waals surface area contributed by atoms with Crippen LogP contribution in [0.1, 0.15) is 49.9 Å². The van der Waals surface area contributed by atoms with Crippen LogP contribution in [0.15, 0.2) is 48.5 Å². The molecule has 0 aliphatic heterocycles. The lowest BCUT2D eigenvalue weighted by Crippen LogP contribution is -2.36. The van der Waals surface area contributed by atoms with Crippen molar-refractivity contribution in [2.75, 3.05) is 0 Å². The van der Waals surface area contributed by atoms with Crippen LogP contribution in [0.4, 0.5) is 26.3 Å². The molecule has 0 aliphatic carbocycles. The SMILES string of the molecule is CC(C)(OC(C)(C)c1ccccc1C(F)(F)F)c1ccccc1C(F)(F)F. The molecule has 0 bridgehead atoms. The van der Waals surface area contributed by atoms with E-state index in [9.17, 15) is 26.3 Å². The van der Waals surface area contributed by atoms with Crippen molar-refractivity contribution in [2.45, 2.75) is 51.2 Å². The first kappa shape index (κ1) is 21.3. The van der Waals surface area contributed by atoms with Crippen LogP contribution in [0, 0.1) is 0 Å². The van der Waals surface area contributed by atoms with Crippen molar-refractivity contribution in [3.05, 3.63) is 70.8 Å². The molecule has 148 valence electrons. The highest BCUT2D eigenvalue weighted by atomic mass is 19.4. The molecule has 0 unspecified atom stereocenters. The standard InChI is InChI=1S/C20H20F6O/c1-17(2,13-9-5-7-11-15(13)19(21,22)23)27-18(3,4)14-10-6-8-12-16(14)20(24,25)26/h5-12H,1-4H3. The van der Waals surface area contributed by atoms with Crippen LogP contribution in [-0.2, 0) is 28.3 Å². The van der Waals surface area contributed by atoms with Gasteiger partial charge in [0.2, 0.25) is 0 Å². The molecule has 27 heavy (non-hydrogen) atoms. The summed E-state index contributed by atoms with van der Waals surface area (Å²) in [5.41, 5.74) is -5.03. The molecule has 0 saturated carbocycles. The summed E-state index contributed by atoms with van der Waals surface area (Å²) in [7, 11) is 0. The largest absolute Gasteiger partial charge is 0.416 e. The Morgan fingerprint density at radius 3 is 1.04 bits per heavy atom. The van der Waals surface area contributed by atoms with Gasteiger partial charge in [-0.3, -0.25) is 0 Å². The molecule has 0 aromatic heterocycles. The van der Waals surface area contributed by atoms with E-state index in [0.717, 1.165) is 12.1 Å². The maximum atomic E-state index is 13.4. The zero-order valence-corrected chi connectivity index (χ0v) is 15.3. The minimum atomic E-state index is -4.61. The van der Waals surface area contributed by atoms with E-state index in [-0.39, 0.29) is 11.1 Å². The Labute approximate surface area is 154 Å². The van der Waals surface area contributed by atoms with E-state index in [1.165, 1.54) is 64.1 Å². The number of rotatable bonds is 4. The highest BCUT2D eigenvalue weighted by Gasteiger charge is 2.43. The average molecular weight is 390 g/mol. The molecule has 0 amide bonds. The van der Waals surface area contributed by atoms with Crippen LogP contribution in [0.2, 0.25) is 0 Å². The molecule has 0 fully saturated rings. The molecular weight excluding hydrogens is 370 g/mol. The Morgan fingerprint density at radius 1 is 0.519 bits per heavy atom. The predicted octanol–water partition coefficient (Wildman–Crippen LogP) is 6.91. The van der Waals surface area contributed by atoms with Crippen LogP contribution in [0.3, 0.4) is 0 Å². The maximum Gasteiger partial charge on any atom is 0.416 e. The van der Waals surface area contributed by atoms with E-state index in [2.05, 4.69) is 0 Å². The quantitative estimate of drug-likeness (QED) is 0.516. The fourth-order valence-corrected chi connectivity index (χ4v) is 3.26. The molecule has 0 spiro atoms. The summed E-state index contributed by atoms with van der Waals surface area (Å²) in [6, 6.07) is 9.79. The van der Waals surface area contributed by atoms with Gasteiger partial charge in [-0.05, 0) is 51.0 Å². The van der Waals surface area contributed by atoms with Gasteiger partial charge >= 0.3 is 12.4 Å². The minimum Gasteiger partial charge on any atom is -0.360 e. The third-order valence-corrected chi connectivity index (χ3v) is 4.27. The van der Waals surface area contributed by atoms with Crippen molar-refractivity contribution in [3.63, 3.8) is 0 Å². The highest BCUT2D eigenvalue weighted by molar-refractivity contribution is 5.36. The zero-order chi connectivity index (χ0) is 20.7. The van der Waals surface area contributed by atoms with E-state index in [4.69, 9.17) is 4.74 Å². The van der Waals surface area contributed by atoms with Gasteiger partial charge in [0, 0.05) is 0 Å². The highest BCUT2D eigenvalue weighted by Crippen LogP contribution is 2.44. The lowest BCUT2D eigenvalue weighted by molar-refractivity contribution is -0.160. The molecule has 2 aromatic carbocycles. The lowest BCUT2D eigenvalue weighted by atomic mass is 9.88. The van der Waals surface area contributed by atoms with Crippen molar-refractivity contribution in [1.82, 2.24) is 0 Å². The second-order valence-electron chi connectivity index (χ2n) is 7.21. The molecule has 2 aromatic rings. The summed E-state index contributed by atoms with van der Waals surface area (Å²) in [6.45, 7) is 5.65. The van der Waals surface area contributed by atoms with Crippen LogP contribution in [0.5, 0.6) is 0 Å². The number of hydrogen-bond donors (Lipinski definition) is 0. The van der Waals surface area contributed by atoms with Gasteiger partial charge in [0.25, 0.3) is 0 Å². The smallest absolute Gasteiger partial charge is 0.360 e. The normalized spacial score (nSPS) is 13.7. The summed E-state index contributed by atoms with van der Waals surface area (Å²) in [4.78, 5) is 0. The molecule has 0 aliphatic rings. The first-order valence-electron chi connectivity index (χ1n) is 8.20. The lowest BCUT2D eigenvalue weighted by Gasteiger charge is -2.39. The van der Waals surface area contributed by atoms with Gasteiger partial charge in [-0.25, -0.2) is 0 Å². The minimum absolute atomic E-state index is 0.143. The summed E-state index contributed by atoms with van der Waals surface area (Å²) >= 11 is 0. The zero-order valence-electron chi connectivity index (χ0n) is 15.3. The fourth-order valence-electron chi connectivity index (χ4n) is 3.26. The van der Waals surface area contributed by atoms with Crippen molar-refractivity contribution >= 4 is 0 Å². The van der Waals surface area contributed by atoms with Crippen LogP contribution in [0.25, 0.3) is 0 Å². The third kappa shape index (κ3) is 4.64. The maximum absolute atomic E-state index is 13.4. The molecular formula is C20H20F6O. The van der Waals surface area contributed by atoms with E-state index in [1.54, 1.807) is 0 Å². The van der Waals surface area contributed by atoms with Gasteiger partial charge in [0.05, 0.1) is 22.3 Å². The summed E-state index contributed by atoms with van der Waals surface area (Å²) in [6.07, 6.45) is -9.21. The summed E-state index contributed by atoms with van der Waals surface area (Å²) < 4.78 is 86.0. The Morgan fingerprint density at radius 2 is 0.778 bits per heavy atom. The topological polar surface area (TPSA) is 9.23 Å². The average Bonchev–Trinajstić information content (AvgIpc) is 2.52. The molecule has 2 rings (SSSR count). The molecule has 0 atom stereocenters. The number of ether oxygens (including phenoxy) is 1. The number of benzene rings is 2. The van der Waals surface area contributed by atoms with Crippen LogP contribution >= 0.6 is 0 Å². The first-order chi connectivity index (χ1) is 12.2. The number of hydrogen-bond acceptors (Lipinski definition) is 1. The molecule has 0 saturated heterocycles. The second kappa shape index (κ2) is 6.86. The van der Waals surface area contributed by atoms with Gasteiger partial charge in [-0.1, -0.05) is 36.4 Å². The van der Waals surface area contributed by atoms with Gasteiger partial charge < -0.3 is 4.74 Å².